The summed E-state index contributed by atoms with van der Waals surface area (Å²) in [5.41, 5.74) is 0. The van der Waals surface area contributed by atoms with E-state index >= 15 is 0 Å². The van der Waals surface area contributed by atoms with Crippen molar-refractivity contribution in [2.45, 2.75) is 45.3 Å². The van der Waals surface area contributed by atoms with Crippen molar-refractivity contribution in [3.05, 3.63) is 0 Å². The van der Waals surface area contributed by atoms with Crippen LogP contribution in [-0.2, 0) is 9.47 Å². The summed E-state index contributed by atoms with van der Waals surface area (Å²) in [4.78, 5) is 0. The zero-order chi connectivity index (χ0) is 11.1. The Labute approximate surface area is 93.5 Å². The number of rotatable bonds is 6. The summed E-state index contributed by atoms with van der Waals surface area (Å²) < 4.78 is 11.0. The molecule has 1 heterocycles. The van der Waals surface area contributed by atoms with Crippen LogP contribution in [0.2, 0.25) is 0 Å². The summed E-state index contributed by atoms with van der Waals surface area (Å²) in [5, 5.41) is 3.37. The minimum Gasteiger partial charge on any atom is -0.381 e. The largest absolute Gasteiger partial charge is 0.381 e. The van der Waals surface area contributed by atoms with Crippen LogP contribution in [0.15, 0.2) is 0 Å². The molecule has 0 aromatic carbocycles. The van der Waals surface area contributed by atoms with Crippen LogP contribution in [0.4, 0.5) is 0 Å². The molecule has 0 saturated carbocycles. The van der Waals surface area contributed by atoms with Crippen molar-refractivity contribution in [2.75, 3.05) is 26.9 Å². The second kappa shape index (κ2) is 7.20. The second-order valence-corrected chi connectivity index (χ2v) is 4.35. The van der Waals surface area contributed by atoms with Crippen molar-refractivity contribution < 1.29 is 9.47 Å². The number of nitrogens with one attached hydrogen (secondary N) is 1. The molecule has 1 rings (SSSR count). The van der Waals surface area contributed by atoms with E-state index < -0.39 is 0 Å². The fraction of sp³-hybridized carbons (Fsp3) is 1.00. The maximum absolute atomic E-state index is 5.64. The van der Waals surface area contributed by atoms with Crippen molar-refractivity contribution in [3.63, 3.8) is 0 Å². The van der Waals surface area contributed by atoms with Gasteiger partial charge < -0.3 is 14.8 Å². The molecule has 1 fully saturated rings. The first-order valence-corrected chi connectivity index (χ1v) is 6.14. The van der Waals surface area contributed by atoms with E-state index in [1.54, 1.807) is 0 Å². The Balaban J connectivity index is 2.30. The second-order valence-electron chi connectivity index (χ2n) is 4.35. The molecular weight excluding hydrogens is 190 g/mol. The topological polar surface area (TPSA) is 30.5 Å². The number of hydrogen-bond acceptors (Lipinski definition) is 3. The average molecular weight is 215 g/mol. The van der Waals surface area contributed by atoms with Crippen LogP contribution < -0.4 is 5.32 Å². The monoisotopic (exact) mass is 215 g/mol. The molecule has 0 spiro atoms. The van der Waals surface area contributed by atoms with Gasteiger partial charge in [0.1, 0.15) is 0 Å². The van der Waals surface area contributed by atoms with Crippen LogP contribution in [0.5, 0.6) is 0 Å². The predicted octanol–water partition coefficient (Wildman–Crippen LogP) is 1.82. The van der Waals surface area contributed by atoms with Gasteiger partial charge in [0.15, 0.2) is 0 Å². The van der Waals surface area contributed by atoms with Crippen LogP contribution in [0, 0.1) is 5.92 Å². The molecular formula is C12H25NO2. The van der Waals surface area contributed by atoms with E-state index in [-0.39, 0.29) is 0 Å². The molecule has 2 atom stereocenters. The van der Waals surface area contributed by atoms with Crippen molar-refractivity contribution in [1.82, 2.24) is 5.32 Å². The first-order valence-electron chi connectivity index (χ1n) is 6.14. The van der Waals surface area contributed by atoms with Gasteiger partial charge in [0.05, 0.1) is 6.10 Å². The smallest absolute Gasteiger partial charge is 0.0699 e. The molecule has 0 aromatic heterocycles. The van der Waals surface area contributed by atoms with E-state index in [0.29, 0.717) is 12.1 Å². The lowest BCUT2D eigenvalue weighted by Gasteiger charge is -2.29. The quantitative estimate of drug-likeness (QED) is 0.733. The van der Waals surface area contributed by atoms with Crippen molar-refractivity contribution in [3.8, 4) is 0 Å². The lowest BCUT2D eigenvalue weighted by Crippen LogP contribution is -2.40. The number of hydrogen-bond donors (Lipinski definition) is 1. The van der Waals surface area contributed by atoms with Crippen molar-refractivity contribution in [2.24, 2.45) is 5.92 Å². The van der Waals surface area contributed by atoms with E-state index in [1.165, 1.54) is 19.3 Å². The Hall–Kier alpha value is -0.120. The van der Waals surface area contributed by atoms with Gasteiger partial charge in [0.25, 0.3) is 0 Å². The van der Waals surface area contributed by atoms with Crippen molar-refractivity contribution in [1.29, 1.82) is 0 Å². The highest BCUT2D eigenvalue weighted by Crippen LogP contribution is 2.21. The Bertz CT molecular complexity index is 158. The van der Waals surface area contributed by atoms with Gasteiger partial charge in [-0.3, -0.25) is 0 Å². The highest BCUT2D eigenvalue weighted by atomic mass is 16.5. The van der Waals surface area contributed by atoms with Crippen LogP contribution in [-0.4, -0.2) is 39.0 Å². The standard InChI is InChI=1S/C12H25NO2/c1-4-15-10(2)12(13-3)9-11-5-7-14-8-6-11/h10-13H,4-9H2,1-3H3. The number of likely N-dealkylation sites (N-methyl/N-ethyl adjacent to an activating group) is 1. The average Bonchev–Trinajstić information content (AvgIpc) is 2.27. The van der Waals surface area contributed by atoms with Gasteiger partial charge in [-0.05, 0) is 46.1 Å². The summed E-state index contributed by atoms with van der Waals surface area (Å²) in [6.45, 7) is 6.88. The van der Waals surface area contributed by atoms with Crippen molar-refractivity contribution >= 4 is 0 Å². The summed E-state index contributed by atoms with van der Waals surface area (Å²) in [6.07, 6.45) is 3.93. The SMILES string of the molecule is CCOC(C)C(CC1CCOCC1)NC. The molecule has 0 bridgehead atoms. The van der Waals surface area contributed by atoms with Gasteiger partial charge in [0.2, 0.25) is 0 Å². The Kier molecular flexibility index (Phi) is 6.22. The van der Waals surface area contributed by atoms with Crippen LogP contribution in [0.1, 0.15) is 33.1 Å². The van der Waals surface area contributed by atoms with E-state index in [0.717, 1.165) is 25.7 Å². The van der Waals surface area contributed by atoms with Gasteiger partial charge >= 0.3 is 0 Å². The molecule has 0 aliphatic carbocycles. The van der Waals surface area contributed by atoms with Crippen LogP contribution >= 0.6 is 0 Å². The Morgan fingerprint density at radius 1 is 1.40 bits per heavy atom. The third-order valence-electron chi connectivity index (χ3n) is 3.30. The normalized spacial score (nSPS) is 22.6. The molecule has 90 valence electrons. The summed E-state index contributed by atoms with van der Waals surface area (Å²) in [7, 11) is 2.03. The van der Waals surface area contributed by atoms with E-state index in [4.69, 9.17) is 9.47 Å². The summed E-state index contributed by atoms with van der Waals surface area (Å²) in [5.74, 6) is 0.805. The molecule has 3 heteroatoms. The van der Waals surface area contributed by atoms with E-state index in [1.807, 2.05) is 7.05 Å². The van der Waals surface area contributed by atoms with Gasteiger partial charge in [-0.2, -0.15) is 0 Å². The molecule has 15 heavy (non-hydrogen) atoms. The Morgan fingerprint density at radius 3 is 2.60 bits per heavy atom. The van der Waals surface area contributed by atoms with Crippen LogP contribution in [0.25, 0.3) is 0 Å². The molecule has 2 unspecified atom stereocenters. The molecule has 3 nitrogen and oxygen atoms in total. The Morgan fingerprint density at radius 2 is 2.07 bits per heavy atom. The first kappa shape index (κ1) is 12.9. The molecule has 0 radical (unpaired) electrons. The minimum atomic E-state index is 0.308. The highest BCUT2D eigenvalue weighted by molar-refractivity contribution is 4.77. The lowest BCUT2D eigenvalue weighted by atomic mass is 9.91. The molecule has 0 amide bonds. The molecule has 1 aliphatic heterocycles. The van der Waals surface area contributed by atoms with E-state index in [9.17, 15) is 0 Å². The van der Waals surface area contributed by atoms with Gasteiger partial charge in [0, 0.05) is 25.9 Å². The fourth-order valence-corrected chi connectivity index (χ4v) is 2.26. The number of ether oxygens (including phenoxy) is 2. The highest BCUT2D eigenvalue weighted by Gasteiger charge is 2.22. The van der Waals surface area contributed by atoms with E-state index in [2.05, 4.69) is 19.2 Å². The third kappa shape index (κ3) is 4.49. The zero-order valence-electron chi connectivity index (χ0n) is 10.3. The summed E-state index contributed by atoms with van der Waals surface area (Å²) in [6, 6.07) is 0.480. The van der Waals surface area contributed by atoms with Gasteiger partial charge in [-0.25, -0.2) is 0 Å². The minimum absolute atomic E-state index is 0.308. The van der Waals surface area contributed by atoms with Crippen LogP contribution in [0.3, 0.4) is 0 Å². The summed E-state index contributed by atoms with van der Waals surface area (Å²) >= 11 is 0. The maximum atomic E-state index is 5.64. The lowest BCUT2D eigenvalue weighted by molar-refractivity contribution is 0.0248. The third-order valence-corrected chi connectivity index (χ3v) is 3.30. The first-order chi connectivity index (χ1) is 7.27. The molecule has 1 N–H and O–H groups in total. The predicted molar refractivity (Wildman–Crippen MR) is 62.1 cm³/mol. The molecule has 0 aromatic rings. The maximum Gasteiger partial charge on any atom is 0.0699 e. The molecule has 1 aliphatic rings. The zero-order valence-corrected chi connectivity index (χ0v) is 10.3. The van der Waals surface area contributed by atoms with Gasteiger partial charge in [-0.15, -0.1) is 0 Å². The fourth-order valence-electron chi connectivity index (χ4n) is 2.26. The van der Waals surface area contributed by atoms with Gasteiger partial charge in [-0.1, -0.05) is 0 Å². The molecule has 1 saturated heterocycles.